The second kappa shape index (κ2) is 5.34. The van der Waals surface area contributed by atoms with Crippen LogP contribution in [0.3, 0.4) is 0 Å². The fourth-order valence-electron chi connectivity index (χ4n) is 2.02. The number of nitrogens with one attached hydrogen (secondary N) is 1. The molecule has 0 aliphatic rings. The molecule has 1 aromatic carbocycles. The van der Waals surface area contributed by atoms with Gasteiger partial charge in [0.25, 0.3) is 5.91 Å². The lowest BCUT2D eigenvalue weighted by molar-refractivity contribution is 0.103. The molecule has 1 amide bonds. The van der Waals surface area contributed by atoms with Crippen LogP contribution in [-0.4, -0.2) is 10.9 Å². The van der Waals surface area contributed by atoms with Gasteiger partial charge in [-0.05, 0) is 52.0 Å². The van der Waals surface area contributed by atoms with Gasteiger partial charge < -0.3 is 5.32 Å². The second-order valence-electron chi connectivity index (χ2n) is 4.42. The standard InChI is InChI=1S/C15H11BrN2OS/c1-9-5-6-20-14(9)15(19)18-12-4-2-3-10-7-11(16)8-17-13(10)12/h2-8H,1H3,(H,18,19). The van der Waals surface area contributed by atoms with Crippen LogP contribution in [0.25, 0.3) is 10.9 Å². The number of hydrogen-bond donors (Lipinski definition) is 1. The summed E-state index contributed by atoms with van der Waals surface area (Å²) in [5, 5.41) is 5.85. The lowest BCUT2D eigenvalue weighted by Gasteiger charge is -2.08. The van der Waals surface area contributed by atoms with E-state index in [0.717, 1.165) is 31.5 Å². The monoisotopic (exact) mass is 346 g/mol. The molecule has 3 nitrogen and oxygen atoms in total. The Bertz CT molecular complexity index is 797. The van der Waals surface area contributed by atoms with Crippen LogP contribution in [0.5, 0.6) is 0 Å². The zero-order valence-corrected chi connectivity index (χ0v) is 13.1. The van der Waals surface area contributed by atoms with Crippen molar-refractivity contribution in [2.24, 2.45) is 0 Å². The lowest BCUT2D eigenvalue weighted by Crippen LogP contribution is -2.11. The van der Waals surface area contributed by atoms with E-state index in [1.807, 2.05) is 42.6 Å². The maximum absolute atomic E-state index is 12.3. The highest BCUT2D eigenvalue weighted by Gasteiger charge is 2.12. The van der Waals surface area contributed by atoms with Crippen molar-refractivity contribution in [1.29, 1.82) is 0 Å². The van der Waals surface area contributed by atoms with E-state index < -0.39 is 0 Å². The first-order valence-electron chi connectivity index (χ1n) is 6.05. The van der Waals surface area contributed by atoms with Crippen molar-refractivity contribution >= 4 is 49.8 Å². The quantitative estimate of drug-likeness (QED) is 0.735. The number of nitrogens with zero attached hydrogens (tertiary/aromatic N) is 1. The molecule has 0 saturated carbocycles. The number of benzene rings is 1. The van der Waals surface area contributed by atoms with E-state index in [2.05, 4.69) is 26.2 Å². The first kappa shape index (κ1) is 13.3. The first-order chi connectivity index (χ1) is 9.65. The van der Waals surface area contributed by atoms with Gasteiger partial charge in [-0.1, -0.05) is 12.1 Å². The summed E-state index contributed by atoms with van der Waals surface area (Å²) >= 11 is 4.85. The number of fused-ring (bicyclic) bond motifs is 1. The normalized spacial score (nSPS) is 10.7. The molecular weight excluding hydrogens is 336 g/mol. The van der Waals surface area contributed by atoms with Gasteiger partial charge in [0.05, 0.1) is 16.1 Å². The van der Waals surface area contributed by atoms with Gasteiger partial charge in [0.1, 0.15) is 0 Å². The molecule has 0 fully saturated rings. The van der Waals surface area contributed by atoms with Crippen LogP contribution in [0, 0.1) is 6.92 Å². The molecular formula is C15H11BrN2OS. The number of carbonyl (C=O) groups is 1. The Morgan fingerprint density at radius 1 is 1.35 bits per heavy atom. The summed E-state index contributed by atoms with van der Waals surface area (Å²) in [5.74, 6) is -0.0882. The molecule has 0 aliphatic carbocycles. The molecule has 1 N–H and O–H groups in total. The Kier molecular flexibility index (Phi) is 3.54. The number of pyridine rings is 1. The summed E-state index contributed by atoms with van der Waals surface area (Å²) in [4.78, 5) is 17.4. The Balaban J connectivity index is 1.99. The van der Waals surface area contributed by atoms with E-state index in [-0.39, 0.29) is 5.91 Å². The summed E-state index contributed by atoms with van der Waals surface area (Å²) in [6.07, 6.45) is 1.73. The molecule has 0 aliphatic heterocycles. The minimum Gasteiger partial charge on any atom is -0.319 e. The van der Waals surface area contributed by atoms with Gasteiger partial charge in [-0.25, -0.2) is 0 Å². The minimum absolute atomic E-state index is 0.0882. The smallest absolute Gasteiger partial charge is 0.266 e. The number of anilines is 1. The topological polar surface area (TPSA) is 42.0 Å². The van der Waals surface area contributed by atoms with E-state index in [9.17, 15) is 4.79 Å². The van der Waals surface area contributed by atoms with Crippen molar-refractivity contribution in [2.45, 2.75) is 6.92 Å². The third-order valence-corrected chi connectivity index (χ3v) is 4.44. The number of para-hydroxylation sites is 1. The lowest BCUT2D eigenvalue weighted by atomic mass is 10.2. The van der Waals surface area contributed by atoms with E-state index in [4.69, 9.17) is 0 Å². The molecule has 3 rings (SSSR count). The number of carbonyl (C=O) groups excluding carboxylic acids is 1. The Hall–Kier alpha value is -1.72. The number of aromatic nitrogens is 1. The van der Waals surface area contributed by atoms with Gasteiger partial charge in [0.15, 0.2) is 0 Å². The van der Waals surface area contributed by atoms with Gasteiger partial charge in [-0.15, -0.1) is 11.3 Å². The summed E-state index contributed by atoms with van der Waals surface area (Å²) < 4.78 is 0.919. The molecule has 100 valence electrons. The average molecular weight is 347 g/mol. The highest BCUT2D eigenvalue weighted by atomic mass is 79.9. The van der Waals surface area contributed by atoms with Crippen molar-refractivity contribution < 1.29 is 4.79 Å². The summed E-state index contributed by atoms with van der Waals surface area (Å²) in [6.45, 7) is 1.93. The Morgan fingerprint density at radius 3 is 2.95 bits per heavy atom. The second-order valence-corrected chi connectivity index (χ2v) is 6.25. The van der Waals surface area contributed by atoms with Gasteiger partial charge in [0.2, 0.25) is 0 Å². The molecule has 20 heavy (non-hydrogen) atoms. The SMILES string of the molecule is Cc1ccsc1C(=O)Nc1cccc2cc(Br)cnc12. The van der Waals surface area contributed by atoms with Crippen molar-refractivity contribution in [3.8, 4) is 0 Å². The molecule has 2 heterocycles. The van der Waals surface area contributed by atoms with Gasteiger partial charge in [0, 0.05) is 16.1 Å². The number of halogens is 1. The number of aryl methyl sites for hydroxylation is 1. The zero-order chi connectivity index (χ0) is 14.1. The molecule has 0 atom stereocenters. The fourth-order valence-corrected chi connectivity index (χ4v) is 3.19. The Morgan fingerprint density at radius 2 is 2.20 bits per heavy atom. The molecule has 0 radical (unpaired) electrons. The predicted molar refractivity (Wildman–Crippen MR) is 86.5 cm³/mol. The summed E-state index contributed by atoms with van der Waals surface area (Å²) in [6, 6.07) is 9.67. The largest absolute Gasteiger partial charge is 0.319 e. The van der Waals surface area contributed by atoms with Gasteiger partial charge >= 0.3 is 0 Å². The average Bonchev–Trinajstić information content (AvgIpc) is 2.85. The molecule has 2 aromatic heterocycles. The molecule has 0 bridgehead atoms. The first-order valence-corrected chi connectivity index (χ1v) is 7.72. The predicted octanol–water partition coefficient (Wildman–Crippen LogP) is 4.62. The third kappa shape index (κ3) is 2.46. The van der Waals surface area contributed by atoms with Crippen molar-refractivity contribution in [3.05, 3.63) is 56.8 Å². The van der Waals surface area contributed by atoms with E-state index in [1.165, 1.54) is 11.3 Å². The highest BCUT2D eigenvalue weighted by molar-refractivity contribution is 9.10. The molecule has 5 heteroatoms. The fraction of sp³-hybridized carbons (Fsp3) is 0.0667. The summed E-state index contributed by atoms with van der Waals surface area (Å²) in [7, 11) is 0. The van der Waals surface area contributed by atoms with Crippen LogP contribution < -0.4 is 5.32 Å². The van der Waals surface area contributed by atoms with Crippen molar-refractivity contribution in [2.75, 3.05) is 5.32 Å². The maximum atomic E-state index is 12.3. The maximum Gasteiger partial charge on any atom is 0.266 e. The van der Waals surface area contributed by atoms with Gasteiger partial charge in [-0.3, -0.25) is 9.78 Å². The molecule has 3 aromatic rings. The number of thiophene rings is 1. The van der Waals surface area contributed by atoms with E-state index >= 15 is 0 Å². The number of rotatable bonds is 2. The Labute approximate surface area is 128 Å². The zero-order valence-electron chi connectivity index (χ0n) is 10.7. The van der Waals surface area contributed by atoms with Crippen LogP contribution in [0.2, 0.25) is 0 Å². The molecule has 0 spiro atoms. The number of amides is 1. The van der Waals surface area contributed by atoms with Gasteiger partial charge in [-0.2, -0.15) is 0 Å². The molecule has 0 unspecified atom stereocenters. The van der Waals surface area contributed by atoms with E-state index in [1.54, 1.807) is 6.20 Å². The molecule has 0 saturated heterocycles. The highest BCUT2D eigenvalue weighted by Crippen LogP contribution is 2.25. The minimum atomic E-state index is -0.0882. The van der Waals surface area contributed by atoms with Crippen LogP contribution in [0.15, 0.2) is 46.4 Å². The van der Waals surface area contributed by atoms with Crippen LogP contribution >= 0.6 is 27.3 Å². The van der Waals surface area contributed by atoms with Crippen LogP contribution in [0.4, 0.5) is 5.69 Å². The summed E-state index contributed by atoms with van der Waals surface area (Å²) in [5.41, 5.74) is 2.51. The van der Waals surface area contributed by atoms with Crippen molar-refractivity contribution in [1.82, 2.24) is 4.98 Å². The van der Waals surface area contributed by atoms with Crippen LogP contribution in [-0.2, 0) is 0 Å². The van der Waals surface area contributed by atoms with Crippen LogP contribution in [0.1, 0.15) is 15.2 Å². The number of hydrogen-bond acceptors (Lipinski definition) is 3. The third-order valence-electron chi connectivity index (χ3n) is 2.99. The van der Waals surface area contributed by atoms with Crippen molar-refractivity contribution in [3.63, 3.8) is 0 Å². The van der Waals surface area contributed by atoms with E-state index in [0.29, 0.717) is 0 Å².